The van der Waals surface area contributed by atoms with Crippen molar-refractivity contribution in [2.75, 3.05) is 20.3 Å². The molecule has 1 fully saturated rings. The maximum absolute atomic E-state index is 13.0. The molecule has 7 heteroatoms. The lowest BCUT2D eigenvalue weighted by molar-refractivity contribution is 0.0847. The second-order valence-electron chi connectivity index (χ2n) is 6.67. The van der Waals surface area contributed by atoms with Crippen LogP contribution in [0.1, 0.15) is 33.3 Å². The summed E-state index contributed by atoms with van der Waals surface area (Å²) >= 11 is 1.15. The third-order valence-corrected chi connectivity index (χ3v) is 6.06. The first-order valence-corrected chi connectivity index (χ1v) is 8.83. The van der Waals surface area contributed by atoms with E-state index in [-0.39, 0.29) is 18.4 Å². The molecular weight excluding hydrogens is 326 g/mol. The Morgan fingerprint density at radius 2 is 2.08 bits per heavy atom. The Kier molecular flexibility index (Phi) is 3.78. The van der Waals surface area contributed by atoms with Gasteiger partial charge in [-0.1, -0.05) is 41.7 Å². The molecule has 0 saturated carbocycles. The molecule has 4 rings (SSSR count). The molecule has 0 radical (unpaired) electrons. The summed E-state index contributed by atoms with van der Waals surface area (Å²) in [5.74, 6) is 0.148. The predicted octanol–water partition coefficient (Wildman–Crippen LogP) is 2.08. The van der Waals surface area contributed by atoms with Crippen LogP contribution in [0.2, 0.25) is 0 Å². The third kappa shape index (κ3) is 2.49. The Morgan fingerprint density at radius 3 is 2.75 bits per heavy atom. The van der Waals surface area contributed by atoms with Crippen LogP contribution < -0.4 is 4.65 Å². The van der Waals surface area contributed by atoms with Crippen molar-refractivity contribution in [3.8, 4) is 0 Å². The number of thiazole rings is 1. The highest BCUT2D eigenvalue weighted by Crippen LogP contribution is 2.41. The number of benzene rings is 1. The minimum atomic E-state index is -1.05. The van der Waals surface area contributed by atoms with Gasteiger partial charge in [-0.05, 0) is 24.9 Å². The highest BCUT2D eigenvalue weighted by Gasteiger charge is 2.43. The van der Waals surface area contributed by atoms with E-state index in [0.717, 1.165) is 16.9 Å². The van der Waals surface area contributed by atoms with Gasteiger partial charge in [0.05, 0.1) is 17.1 Å². The highest BCUT2D eigenvalue weighted by molar-refractivity contribution is 7.17. The van der Waals surface area contributed by atoms with Gasteiger partial charge < -0.3 is 10.3 Å². The summed E-state index contributed by atoms with van der Waals surface area (Å²) < 4.78 is -0.878. The van der Waals surface area contributed by atoms with Crippen LogP contribution in [0.5, 0.6) is 0 Å². The van der Waals surface area contributed by atoms with Crippen LogP contribution in [-0.2, 0) is 6.42 Å². The molecule has 1 saturated heterocycles. The topological polar surface area (TPSA) is 76.5 Å². The van der Waals surface area contributed by atoms with Crippen LogP contribution in [0.3, 0.4) is 0 Å². The lowest BCUT2D eigenvalue weighted by Crippen LogP contribution is -2.48. The minimum Gasteiger partial charge on any atom is -0.623 e. The average molecular weight is 345 g/mol. The molecule has 1 N–H and O–H groups in total. The lowest BCUT2D eigenvalue weighted by atomic mass is 9.85. The predicted molar refractivity (Wildman–Crippen MR) is 92.6 cm³/mol. The molecule has 0 spiro atoms. The van der Waals surface area contributed by atoms with Crippen molar-refractivity contribution in [2.45, 2.75) is 25.0 Å². The number of hydrogen-bond donors (Lipinski definition) is 1. The van der Waals surface area contributed by atoms with Crippen LogP contribution in [0, 0.1) is 5.21 Å². The Balaban J connectivity index is 1.67. The molecule has 2 aliphatic rings. The quantitative estimate of drug-likeness (QED) is 0.666. The standard InChI is InChI=1S/C17H19N3O3S/c1-19-9-15(22)20(23,10-19)17-18-13-7-12(8-14(21)16(13)24-17)11-5-3-2-4-6-11/h2-6,12,15,22H,7-10H2,1H3. The van der Waals surface area contributed by atoms with Crippen molar-refractivity contribution in [3.63, 3.8) is 0 Å². The van der Waals surface area contributed by atoms with Crippen LogP contribution >= 0.6 is 11.3 Å². The second-order valence-corrected chi connectivity index (χ2v) is 7.65. The Bertz CT molecular complexity index is 779. The Hall–Kier alpha value is -1.64. The number of ketones is 1. The molecule has 1 aromatic carbocycles. The summed E-state index contributed by atoms with van der Waals surface area (Å²) in [5.41, 5.74) is 1.83. The fourth-order valence-electron chi connectivity index (χ4n) is 3.55. The molecule has 0 amide bonds. The van der Waals surface area contributed by atoms with Gasteiger partial charge in [-0.25, -0.2) is 0 Å². The fraction of sp³-hybridized carbons (Fsp3) is 0.412. The molecule has 24 heavy (non-hydrogen) atoms. The van der Waals surface area contributed by atoms with Crippen molar-refractivity contribution < 1.29 is 9.90 Å². The molecule has 6 nitrogen and oxygen atoms in total. The van der Waals surface area contributed by atoms with Crippen LogP contribution in [0.15, 0.2) is 30.3 Å². The molecule has 1 aromatic heterocycles. The number of rotatable bonds is 2. The first kappa shape index (κ1) is 15.9. The van der Waals surface area contributed by atoms with Gasteiger partial charge in [-0.2, -0.15) is 4.98 Å². The van der Waals surface area contributed by atoms with Crippen LogP contribution in [0.4, 0.5) is 5.13 Å². The maximum atomic E-state index is 13.0. The summed E-state index contributed by atoms with van der Waals surface area (Å²) in [7, 11) is 1.80. The first-order chi connectivity index (χ1) is 11.5. The summed E-state index contributed by atoms with van der Waals surface area (Å²) in [6.07, 6.45) is 0.0515. The Labute approximate surface area is 144 Å². The monoisotopic (exact) mass is 345 g/mol. The zero-order chi connectivity index (χ0) is 16.9. The van der Waals surface area contributed by atoms with Gasteiger partial charge in [0.25, 0.3) is 5.13 Å². The van der Waals surface area contributed by atoms with E-state index in [0.29, 0.717) is 35.1 Å². The van der Waals surface area contributed by atoms with Gasteiger partial charge in [0.2, 0.25) is 6.23 Å². The van der Waals surface area contributed by atoms with E-state index in [4.69, 9.17) is 0 Å². The first-order valence-electron chi connectivity index (χ1n) is 8.01. The molecule has 126 valence electrons. The molecule has 3 atom stereocenters. The summed E-state index contributed by atoms with van der Waals surface area (Å²) in [6, 6.07) is 9.94. The largest absolute Gasteiger partial charge is 0.623 e. The normalized spacial score (nSPS) is 30.5. The number of aliphatic hydroxyl groups excluding tert-OH is 1. The highest BCUT2D eigenvalue weighted by atomic mass is 32.1. The van der Waals surface area contributed by atoms with Crippen molar-refractivity contribution in [2.24, 2.45) is 0 Å². The van der Waals surface area contributed by atoms with Crippen molar-refractivity contribution >= 4 is 22.3 Å². The van der Waals surface area contributed by atoms with E-state index in [1.165, 1.54) is 0 Å². The van der Waals surface area contributed by atoms with E-state index in [1.807, 2.05) is 30.3 Å². The summed E-state index contributed by atoms with van der Waals surface area (Å²) in [6.45, 7) is 0.470. The number of quaternary nitrogens is 1. The molecule has 2 heterocycles. The summed E-state index contributed by atoms with van der Waals surface area (Å²) in [4.78, 5) is 19.4. The van der Waals surface area contributed by atoms with E-state index in [2.05, 4.69) is 4.98 Å². The van der Waals surface area contributed by atoms with Crippen LogP contribution in [0.25, 0.3) is 0 Å². The van der Waals surface area contributed by atoms with E-state index < -0.39 is 10.9 Å². The number of carbonyl (C=O) groups is 1. The third-order valence-electron chi connectivity index (χ3n) is 4.81. The molecule has 0 bridgehead atoms. The number of aliphatic hydroxyl groups is 1. The smallest absolute Gasteiger partial charge is 0.290 e. The number of hydroxylamine groups is 2. The number of likely N-dealkylation sites (N-methyl/N-ethyl adjacent to an activating group) is 1. The van der Waals surface area contributed by atoms with Gasteiger partial charge in [0.1, 0.15) is 6.67 Å². The number of fused-ring (bicyclic) bond motifs is 1. The number of hydrogen-bond acceptors (Lipinski definition) is 6. The lowest BCUT2D eigenvalue weighted by Gasteiger charge is -2.36. The fourth-order valence-corrected chi connectivity index (χ4v) is 4.67. The minimum absolute atomic E-state index is 0.0440. The number of aromatic nitrogens is 1. The van der Waals surface area contributed by atoms with Gasteiger partial charge in [0, 0.05) is 6.42 Å². The number of nitrogens with zero attached hydrogens (tertiary/aromatic N) is 3. The second kappa shape index (κ2) is 5.72. The maximum Gasteiger partial charge on any atom is 0.290 e. The number of Topliss-reactive ketones (excluding diaryl/α,β-unsaturated/α-hetero) is 1. The van der Waals surface area contributed by atoms with Crippen molar-refractivity contribution in [3.05, 3.63) is 51.7 Å². The SMILES string of the molecule is CN1CC(O)[N+]([O-])(c2nc3c(s2)C(=O)CC(c2ccccc2)C3)C1. The summed E-state index contributed by atoms with van der Waals surface area (Å²) in [5, 5.41) is 23.4. The van der Waals surface area contributed by atoms with E-state index in [1.54, 1.807) is 11.9 Å². The van der Waals surface area contributed by atoms with Gasteiger partial charge in [-0.3, -0.25) is 14.3 Å². The molecule has 1 aliphatic carbocycles. The van der Waals surface area contributed by atoms with E-state index >= 15 is 0 Å². The average Bonchev–Trinajstić information content (AvgIpc) is 3.10. The van der Waals surface area contributed by atoms with Gasteiger partial charge in [-0.15, -0.1) is 0 Å². The number of carbonyl (C=O) groups excluding carboxylic acids is 1. The van der Waals surface area contributed by atoms with Crippen molar-refractivity contribution in [1.29, 1.82) is 0 Å². The molecule has 3 unspecified atom stereocenters. The molecular formula is C17H19N3O3S. The molecule has 2 aromatic rings. The number of β-amino-alcohol motifs (C(OH)–C–C–N with tert-alkyl or cyclic N) is 1. The van der Waals surface area contributed by atoms with Crippen molar-refractivity contribution in [1.82, 2.24) is 14.5 Å². The molecule has 1 aliphatic heterocycles. The van der Waals surface area contributed by atoms with Gasteiger partial charge >= 0.3 is 0 Å². The Morgan fingerprint density at radius 1 is 1.33 bits per heavy atom. The van der Waals surface area contributed by atoms with E-state index in [9.17, 15) is 15.1 Å². The zero-order valence-corrected chi connectivity index (χ0v) is 14.2. The van der Waals surface area contributed by atoms with Crippen LogP contribution in [-0.4, -0.2) is 47.3 Å². The van der Waals surface area contributed by atoms with Gasteiger partial charge in [0.15, 0.2) is 5.78 Å². The zero-order valence-electron chi connectivity index (χ0n) is 13.4.